The summed E-state index contributed by atoms with van der Waals surface area (Å²) in [7, 11) is 0. The summed E-state index contributed by atoms with van der Waals surface area (Å²) >= 11 is 0. The van der Waals surface area contributed by atoms with E-state index in [0.717, 1.165) is 16.7 Å². The van der Waals surface area contributed by atoms with Crippen molar-refractivity contribution in [2.75, 3.05) is 13.1 Å². The number of unbranched alkanes of at least 4 members (excludes halogenated alkanes) is 1. The van der Waals surface area contributed by atoms with Crippen LogP contribution in [0.15, 0.2) is 84.9 Å². The second-order valence-corrected chi connectivity index (χ2v) is 10.4. The average molecular weight is 657 g/mol. The number of alkyl halides is 3. The lowest BCUT2D eigenvalue weighted by atomic mass is 9.99. The fourth-order valence-electron chi connectivity index (χ4n) is 4.32. The van der Waals surface area contributed by atoms with Crippen molar-refractivity contribution in [1.29, 1.82) is 0 Å². The van der Waals surface area contributed by atoms with Gasteiger partial charge in [0.2, 0.25) is 11.8 Å². The van der Waals surface area contributed by atoms with Gasteiger partial charge >= 0.3 is 24.1 Å². The monoisotopic (exact) mass is 656 g/mol. The molecule has 0 heterocycles. The van der Waals surface area contributed by atoms with Gasteiger partial charge in [0.15, 0.2) is 0 Å². The normalized spacial score (nSPS) is 12.2. The highest BCUT2D eigenvalue weighted by Crippen LogP contribution is 2.24. The van der Waals surface area contributed by atoms with Gasteiger partial charge in [-0.1, -0.05) is 84.9 Å². The van der Waals surface area contributed by atoms with E-state index >= 15 is 0 Å². The molecule has 0 aliphatic heterocycles. The molecule has 4 N–H and O–H groups in total. The number of urea groups is 1. The topological polar surface area (TPSA) is 152 Å². The van der Waals surface area contributed by atoms with Crippen LogP contribution in [0.5, 0.6) is 0 Å². The summed E-state index contributed by atoms with van der Waals surface area (Å²) in [5, 5.41) is 10.6. The number of carbonyl (C=O) groups excluding carboxylic acids is 5. The van der Waals surface area contributed by atoms with Crippen LogP contribution in [-0.4, -0.2) is 49.0 Å². The zero-order valence-corrected chi connectivity index (χ0v) is 25.5. The number of benzene rings is 3. The summed E-state index contributed by atoms with van der Waals surface area (Å²) in [6, 6.07) is 23.8. The first-order chi connectivity index (χ1) is 22.4. The summed E-state index contributed by atoms with van der Waals surface area (Å²) in [4.78, 5) is 67.7. The molecule has 2 atom stereocenters. The lowest BCUT2D eigenvalue weighted by molar-refractivity contribution is -0.286. The summed E-state index contributed by atoms with van der Waals surface area (Å²) in [6.07, 6.45) is -5.03. The Morgan fingerprint density at radius 2 is 1.32 bits per heavy atom. The van der Waals surface area contributed by atoms with E-state index in [4.69, 9.17) is 0 Å². The highest BCUT2D eigenvalue weighted by Gasteiger charge is 2.43. The zero-order chi connectivity index (χ0) is 34.2. The van der Waals surface area contributed by atoms with E-state index in [1.165, 1.54) is 0 Å². The molecule has 250 valence electrons. The van der Waals surface area contributed by atoms with Crippen LogP contribution in [0.4, 0.5) is 18.0 Å². The number of nitrogens with one attached hydrogen (secondary N) is 4. The Bertz CT molecular complexity index is 1490. The van der Waals surface area contributed by atoms with Crippen LogP contribution < -0.4 is 21.3 Å². The third kappa shape index (κ3) is 12.9. The fraction of sp³-hybridized carbons (Fsp3) is 0.303. The van der Waals surface area contributed by atoms with E-state index < -0.39 is 48.9 Å². The average Bonchev–Trinajstić information content (AvgIpc) is 3.06. The van der Waals surface area contributed by atoms with Crippen molar-refractivity contribution in [3.63, 3.8) is 0 Å². The molecule has 11 nitrogen and oxygen atoms in total. The van der Waals surface area contributed by atoms with E-state index in [9.17, 15) is 37.1 Å². The summed E-state index contributed by atoms with van der Waals surface area (Å²) < 4.78 is 37.2. The van der Waals surface area contributed by atoms with E-state index in [1.54, 1.807) is 24.3 Å². The smallest absolute Gasteiger partial charge is 0.347 e. The molecule has 4 amide bonds. The van der Waals surface area contributed by atoms with Crippen molar-refractivity contribution in [2.24, 2.45) is 0 Å². The molecule has 14 heteroatoms. The molecule has 0 aliphatic carbocycles. The van der Waals surface area contributed by atoms with Crippen LogP contribution in [-0.2, 0) is 29.0 Å². The molecule has 2 unspecified atom stereocenters. The van der Waals surface area contributed by atoms with E-state index in [0.29, 0.717) is 24.9 Å². The highest BCUT2D eigenvalue weighted by atomic mass is 19.4. The summed E-state index contributed by atoms with van der Waals surface area (Å²) in [6.45, 7) is 1.74. The van der Waals surface area contributed by atoms with Crippen molar-refractivity contribution in [2.45, 2.75) is 50.9 Å². The van der Waals surface area contributed by atoms with Crippen LogP contribution >= 0.6 is 0 Å². The Morgan fingerprint density at radius 1 is 0.702 bits per heavy atom. The van der Waals surface area contributed by atoms with Crippen molar-refractivity contribution >= 4 is 29.8 Å². The molecule has 0 radical (unpaired) electrons. The van der Waals surface area contributed by atoms with Gasteiger partial charge < -0.3 is 21.3 Å². The van der Waals surface area contributed by atoms with Crippen molar-refractivity contribution < 1.29 is 46.9 Å². The minimum atomic E-state index is -5.37. The minimum Gasteiger partial charge on any atom is -0.347 e. The predicted molar refractivity (Wildman–Crippen MR) is 164 cm³/mol. The van der Waals surface area contributed by atoms with E-state index in [-0.39, 0.29) is 18.5 Å². The molecule has 0 fully saturated rings. The first-order valence-corrected chi connectivity index (χ1v) is 14.7. The molecule has 3 rings (SSSR count). The number of carbonyl (C=O) groups is 5. The first-order valence-electron chi connectivity index (χ1n) is 14.7. The Morgan fingerprint density at radius 3 is 1.96 bits per heavy atom. The van der Waals surface area contributed by atoms with Gasteiger partial charge in [0, 0.05) is 13.0 Å². The van der Waals surface area contributed by atoms with Crippen molar-refractivity contribution in [1.82, 2.24) is 21.3 Å². The number of hydrogen-bond acceptors (Lipinski definition) is 7. The quantitative estimate of drug-likeness (QED) is 0.110. The molecular formula is C33H35F3N4O7. The molecule has 3 aromatic rings. The van der Waals surface area contributed by atoms with Gasteiger partial charge in [-0.2, -0.15) is 13.2 Å². The van der Waals surface area contributed by atoms with Crippen LogP contribution in [0, 0.1) is 0 Å². The molecule has 0 aliphatic rings. The molecule has 0 bridgehead atoms. The lowest BCUT2D eigenvalue weighted by Gasteiger charge is -2.19. The zero-order valence-electron chi connectivity index (χ0n) is 25.5. The van der Waals surface area contributed by atoms with Gasteiger partial charge in [0.05, 0.1) is 25.0 Å². The largest absolute Gasteiger partial charge is 0.495 e. The molecule has 3 aromatic carbocycles. The maximum absolute atomic E-state index is 12.7. The molecule has 0 saturated heterocycles. The molecule has 0 aromatic heterocycles. The Kier molecular flexibility index (Phi) is 13.8. The van der Waals surface area contributed by atoms with Crippen LogP contribution in [0.25, 0.3) is 11.1 Å². The number of amides is 4. The van der Waals surface area contributed by atoms with Gasteiger partial charge in [0.25, 0.3) is 0 Å². The SMILES string of the molecule is CC(NC(=O)NCCCCC(=O)NCC(=O)NC(CC(=O)OOC(=O)C(F)(F)F)c1ccc(-c2ccccc2)cc1)c1ccccc1. The van der Waals surface area contributed by atoms with Gasteiger partial charge in [0.1, 0.15) is 0 Å². The predicted octanol–water partition coefficient (Wildman–Crippen LogP) is 4.81. The van der Waals surface area contributed by atoms with Gasteiger partial charge in [-0.15, -0.1) is 0 Å². The van der Waals surface area contributed by atoms with Gasteiger partial charge in [-0.25, -0.2) is 24.2 Å². The maximum atomic E-state index is 12.7. The standard InChI is InChI=1S/C33H35F3N4O7/c1-22(23-10-4-2-5-11-23)39-32(45)37-19-9-8-14-28(41)38-21-29(42)40-27(20-30(43)46-47-31(44)33(34,35)36)26-17-15-25(16-18-26)24-12-6-3-7-13-24/h2-7,10-13,15-18,22,27H,8-9,14,19-21H2,1H3,(H,38,41)(H,40,42)(H2,37,39,45). The molecular weight excluding hydrogens is 621 g/mol. The third-order valence-electron chi connectivity index (χ3n) is 6.78. The van der Waals surface area contributed by atoms with E-state index in [2.05, 4.69) is 31.0 Å². The van der Waals surface area contributed by atoms with Gasteiger partial charge in [-0.3, -0.25) is 9.59 Å². The van der Waals surface area contributed by atoms with Crippen molar-refractivity contribution in [3.05, 3.63) is 96.1 Å². The van der Waals surface area contributed by atoms with Crippen molar-refractivity contribution in [3.8, 4) is 11.1 Å². The van der Waals surface area contributed by atoms with E-state index in [1.807, 2.05) is 67.6 Å². The summed E-state index contributed by atoms with van der Waals surface area (Å²) in [5.74, 6) is -5.18. The third-order valence-corrected chi connectivity index (χ3v) is 6.78. The molecule has 47 heavy (non-hydrogen) atoms. The van der Waals surface area contributed by atoms with Crippen LogP contribution in [0.2, 0.25) is 0 Å². The fourth-order valence-corrected chi connectivity index (χ4v) is 4.32. The molecule has 0 spiro atoms. The van der Waals surface area contributed by atoms with Crippen LogP contribution in [0.1, 0.15) is 55.8 Å². The highest BCUT2D eigenvalue weighted by molar-refractivity contribution is 5.85. The number of hydrogen-bond donors (Lipinski definition) is 4. The number of rotatable bonds is 14. The Hall–Kier alpha value is -5.40. The minimum absolute atomic E-state index is 0.0816. The first kappa shape index (κ1) is 36.1. The second kappa shape index (κ2) is 17.9. The Labute approximate surface area is 269 Å². The number of halogens is 3. The molecule has 0 saturated carbocycles. The summed E-state index contributed by atoms with van der Waals surface area (Å²) in [5.41, 5.74) is 3.09. The lowest BCUT2D eigenvalue weighted by Crippen LogP contribution is -2.39. The van der Waals surface area contributed by atoms with Crippen LogP contribution in [0.3, 0.4) is 0 Å². The van der Waals surface area contributed by atoms with Gasteiger partial charge in [-0.05, 0) is 42.0 Å². The second-order valence-electron chi connectivity index (χ2n) is 10.4. The Balaban J connectivity index is 1.46. The maximum Gasteiger partial charge on any atom is 0.495 e.